The first-order valence-corrected chi connectivity index (χ1v) is 12.2. The van der Waals surface area contributed by atoms with E-state index in [0.717, 1.165) is 28.9 Å². The molecule has 0 radical (unpaired) electrons. The normalized spacial score (nSPS) is 39.3. The molecule has 0 amide bonds. The Hall–Kier alpha value is -0.860. The minimum absolute atomic E-state index is 0.420. The van der Waals surface area contributed by atoms with Crippen molar-refractivity contribution in [3.05, 3.63) is 35.5 Å². The Morgan fingerprint density at radius 3 is 2.62 bits per heavy atom. The first-order valence-electron chi connectivity index (χ1n) is 12.2. The Kier molecular flexibility index (Phi) is 7.49. The smallest absolute Gasteiger partial charge is 0.0811 e. The molecule has 3 rings (SSSR count). The third-order valence-corrected chi connectivity index (χ3v) is 8.43. The molecule has 3 aliphatic carbocycles. The van der Waals surface area contributed by atoms with Crippen molar-refractivity contribution in [2.24, 2.45) is 29.1 Å². The molecule has 6 atom stereocenters. The quantitative estimate of drug-likeness (QED) is 0.528. The monoisotopic (exact) mass is 400 g/mol. The molecule has 0 spiro atoms. The summed E-state index contributed by atoms with van der Waals surface area (Å²) in [4.78, 5) is 0. The number of allylic oxidation sites excluding steroid dienone is 3. The van der Waals surface area contributed by atoms with Crippen LogP contribution in [0.25, 0.3) is 0 Å². The Morgan fingerprint density at radius 2 is 1.90 bits per heavy atom. The van der Waals surface area contributed by atoms with Crippen LogP contribution in [0.2, 0.25) is 0 Å². The van der Waals surface area contributed by atoms with Crippen LogP contribution in [0.1, 0.15) is 91.9 Å². The lowest BCUT2D eigenvalue weighted by Crippen LogP contribution is -2.36. The van der Waals surface area contributed by atoms with E-state index >= 15 is 0 Å². The molecule has 0 saturated heterocycles. The second kappa shape index (κ2) is 9.52. The Bertz CT molecular complexity index is 643. The summed E-state index contributed by atoms with van der Waals surface area (Å²) in [5, 5.41) is 20.2. The second-order valence-electron chi connectivity index (χ2n) is 11.0. The van der Waals surface area contributed by atoms with Crippen LogP contribution in [0.5, 0.6) is 0 Å². The zero-order valence-corrected chi connectivity index (χ0v) is 19.3. The lowest BCUT2D eigenvalue weighted by Gasteiger charge is -2.44. The minimum atomic E-state index is -0.595. The highest BCUT2D eigenvalue weighted by atomic mass is 16.3. The van der Waals surface area contributed by atoms with Gasteiger partial charge in [-0.2, -0.15) is 0 Å². The topological polar surface area (TPSA) is 40.5 Å². The molecule has 2 N–H and O–H groups in total. The van der Waals surface area contributed by atoms with Gasteiger partial charge in [0.1, 0.15) is 0 Å². The molecule has 0 unspecified atom stereocenters. The lowest BCUT2D eigenvalue weighted by atomic mass is 9.60. The summed E-state index contributed by atoms with van der Waals surface area (Å²) in [5.41, 5.74) is 3.88. The van der Waals surface area contributed by atoms with E-state index in [1.807, 2.05) is 0 Å². The zero-order chi connectivity index (χ0) is 21.2. The van der Waals surface area contributed by atoms with Crippen LogP contribution in [0.15, 0.2) is 35.5 Å². The number of hydrogen-bond donors (Lipinski definition) is 2. The Balaban J connectivity index is 1.71. The highest BCUT2D eigenvalue weighted by Crippen LogP contribution is 2.59. The van der Waals surface area contributed by atoms with E-state index in [1.165, 1.54) is 51.4 Å². The van der Waals surface area contributed by atoms with Gasteiger partial charge in [-0.1, -0.05) is 71.3 Å². The van der Waals surface area contributed by atoms with Gasteiger partial charge in [0.05, 0.1) is 12.2 Å². The van der Waals surface area contributed by atoms with E-state index in [4.69, 9.17) is 0 Å². The molecule has 0 aromatic heterocycles. The van der Waals surface area contributed by atoms with Gasteiger partial charge in [0.25, 0.3) is 0 Å². The maximum atomic E-state index is 10.1. The maximum absolute atomic E-state index is 10.1. The summed E-state index contributed by atoms with van der Waals surface area (Å²) in [7, 11) is 0. The van der Waals surface area contributed by atoms with E-state index in [1.54, 1.807) is 5.57 Å². The van der Waals surface area contributed by atoms with Crippen molar-refractivity contribution < 1.29 is 10.2 Å². The van der Waals surface area contributed by atoms with E-state index in [0.29, 0.717) is 24.2 Å². The van der Waals surface area contributed by atoms with Gasteiger partial charge >= 0.3 is 0 Å². The fraction of sp³-hybridized carbons (Fsp3) is 0.778. The molecular formula is C27H44O2. The number of hydrogen-bond acceptors (Lipinski definition) is 2. The van der Waals surface area contributed by atoms with Gasteiger partial charge in [0, 0.05) is 6.42 Å². The van der Waals surface area contributed by atoms with E-state index in [-0.39, 0.29) is 0 Å². The second-order valence-corrected chi connectivity index (χ2v) is 11.0. The zero-order valence-electron chi connectivity index (χ0n) is 19.3. The van der Waals surface area contributed by atoms with Gasteiger partial charge in [0.2, 0.25) is 0 Å². The van der Waals surface area contributed by atoms with E-state index in [2.05, 4.69) is 46.4 Å². The third kappa shape index (κ3) is 5.07. The van der Waals surface area contributed by atoms with Gasteiger partial charge in [-0.3, -0.25) is 0 Å². The average Bonchev–Trinajstić information content (AvgIpc) is 3.00. The molecule has 29 heavy (non-hydrogen) atoms. The van der Waals surface area contributed by atoms with Crippen LogP contribution in [-0.2, 0) is 0 Å². The molecule has 2 nitrogen and oxygen atoms in total. The average molecular weight is 401 g/mol. The minimum Gasteiger partial charge on any atom is -0.393 e. The SMILES string of the molecule is C=C1/C(=C\C=C2/CCC[C@]3(C)[C@@H]([C@H](C)CCCC(C)C)CC[C@@H]23)C[C@H](O)C[C@H]1O. The molecule has 0 aromatic carbocycles. The molecular weight excluding hydrogens is 356 g/mol. The molecule has 3 saturated carbocycles. The van der Waals surface area contributed by atoms with E-state index in [9.17, 15) is 10.2 Å². The summed E-state index contributed by atoms with van der Waals surface area (Å²) in [5.74, 6) is 3.20. The maximum Gasteiger partial charge on any atom is 0.0811 e. The largest absolute Gasteiger partial charge is 0.393 e. The standard InChI is InChI=1S/C27H44O2/c1-18(2)8-6-9-19(3)24-13-14-25-21(10-7-15-27(24,25)5)11-12-22-16-23(28)17-26(29)20(22)4/h11-12,18-19,23-26,28-29H,4,6-10,13-17H2,1-3,5H3/b21-11+,22-12-/t19-,23+,24-,25+,26-,27-/m1/s1. The highest BCUT2D eigenvalue weighted by molar-refractivity contribution is 5.38. The number of aliphatic hydroxyl groups excluding tert-OH is 2. The summed E-state index contributed by atoms with van der Waals surface area (Å²) in [6.45, 7) is 13.8. The van der Waals surface area contributed by atoms with Crippen molar-refractivity contribution in [3.63, 3.8) is 0 Å². The van der Waals surface area contributed by atoms with Crippen LogP contribution < -0.4 is 0 Å². The molecule has 3 aliphatic rings. The summed E-state index contributed by atoms with van der Waals surface area (Å²) < 4.78 is 0. The fourth-order valence-corrected chi connectivity index (χ4v) is 6.73. The van der Waals surface area contributed by atoms with Crippen LogP contribution in [0.4, 0.5) is 0 Å². The Labute approximate surface area is 179 Å². The fourth-order valence-electron chi connectivity index (χ4n) is 6.73. The van der Waals surface area contributed by atoms with Gasteiger partial charge in [-0.25, -0.2) is 0 Å². The van der Waals surface area contributed by atoms with Crippen molar-refractivity contribution in [1.29, 1.82) is 0 Å². The van der Waals surface area contributed by atoms with Gasteiger partial charge in [-0.05, 0) is 78.8 Å². The third-order valence-electron chi connectivity index (χ3n) is 8.43. The van der Waals surface area contributed by atoms with Crippen molar-refractivity contribution in [2.45, 2.75) is 104 Å². The predicted octanol–water partition coefficient (Wildman–Crippen LogP) is 6.59. The van der Waals surface area contributed by atoms with E-state index < -0.39 is 12.2 Å². The molecule has 0 aromatic rings. The summed E-state index contributed by atoms with van der Waals surface area (Å²) >= 11 is 0. The van der Waals surface area contributed by atoms with Crippen LogP contribution >= 0.6 is 0 Å². The first kappa shape index (κ1) is 22.8. The van der Waals surface area contributed by atoms with Crippen LogP contribution in [-0.4, -0.2) is 22.4 Å². The molecule has 3 fully saturated rings. The molecule has 0 bridgehead atoms. The highest BCUT2D eigenvalue weighted by Gasteiger charge is 2.50. The van der Waals surface area contributed by atoms with Gasteiger partial charge in [0.15, 0.2) is 0 Å². The van der Waals surface area contributed by atoms with Crippen molar-refractivity contribution in [3.8, 4) is 0 Å². The van der Waals surface area contributed by atoms with Crippen LogP contribution in [0.3, 0.4) is 0 Å². The van der Waals surface area contributed by atoms with Crippen LogP contribution in [0, 0.1) is 29.1 Å². The van der Waals surface area contributed by atoms with Gasteiger partial charge in [-0.15, -0.1) is 0 Å². The number of fused-ring (bicyclic) bond motifs is 1. The number of rotatable bonds is 6. The summed E-state index contributed by atoms with van der Waals surface area (Å²) in [6.07, 6.45) is 15.2. The van der Waals surface area contributed by atoms with Crippen molar-refractivity contribution in [1.82, 2.24) is 0 Å². The van der Waals surface area contributed by atoms with Crippen molar-refractivity contribution >= 4 is 0 Å². The number of aliphatic hydroxyl groups is 2. The predicted molar refractivity (Wildman–Crippen MR) is 123 cm³/mol. The first-order chi connectivity index (χ1) is 13.7. The summed E-state index contributed by atoms with van der Waals surface area (Å²) in [6, 6.07) is 0. The van der Waals surface area contributed by atoms with Gasteiger partial charge < -0.3 is 10.2 Å². The molecule has 164 valence electrons. The molecule has 2 heteroatoms. The molecule has 0 aliphatic heterocycles. The lowest BCUT2D eigenvalue weighted by molar-refractivity contribution is 0.0861. The van der Waals surface area contributed by atoms with Crippen molar-refractivity contribution in [2.75, 3.05) is 0 Å². The molecule has 0 heterocycles. The Morgan fingerprint density at radius 1 is 1.14 bits per heavy atom.